The molecule has 0 saturated carbocycles. The first-order valence-corrected chi connectivity index (χ1v) is 11.4. The van der Waals surface area contributed by atoms with Crippen LogP contribution >= 0.6 is 11.3 Å². The van der Waals surface area contributed by atoms with E-state index in [1.807, 2.05) is 18.2 Å². The molecular weight excluding hydrogens is 406 g/mol. The average molecular weight is 428 g/mol. The minimum absolute atomic E-state index is 0.0117. The zero-order chi connectivity index (χ0) is 19.9. The quantitative estimate of drug-likeness (QED) is 0.721. The third-order valence-electron chi connectivity index (χ3n) is 4.94. The Morgan fingerprint density at radius 1 is 0.929 bits per heavy atom. The van der Waals surface area contributed by atoms with Crippen LogP contribution in [0.4, 0.5) is 0 Å². The van der Waals surface area contributed by atoms with Crippen LogP contribution in [0.25, 0.3) is 10.2 Å². The molecular formula is C18H21NO7S2. The van der Waals surface area contributed by atoms with Gasteiger partial charge in [0.15, 0.2) is 23.3 Å². The average Bonchev–Trinajstić information content (AvgIpc) is 3.24. The zero-order valence-corrected chi connectivity index (χ0v) is 17.5. The number of ether oxygens (including phenoxy) is 5. The van der Waals surface area contributed by atoms with Crippen LogP contribution in [0.3, 0.4) is 0 Å². The smallest absolute Gasteiger partial charge is 0.234 e. The third kappa shape index (κ3) is 2.90. The van der Waals surface area contributed by atoms with Crippen LogP contribution in [0, 0.1) is 0 Å². The maximum Gasteiger partial charge on any atom is 0.234 e. The van der Waals surface area contributed by atoms with Gasteiger partial charge >= 0.3 is 0 Å². The van der Waals surface area contributed by atoms with Gasteiger partial charge in [0.05, 0.1) is 10.2 Å². The highest BCUT2D eigenvalue weighted by molar-refractivity contribution is 7.94. The van der Waals surface area contributed by atoms with Gasteiger partial charge in [0.1, 0.15) is 18.3 Å². The summed E-state index contributed by atoms with van der Waals surface area (Å²) >= 11 is 1.11. The Morgan fingerprint density at radius 2 is 1.57 bits per heavy atom. The molecule has 3 aliphatic rings. The van der Waals surface area contributed by atoms with Gasteiger partial charge in [-0.25, -0.2) is 13.4 Å². The van der Waals surface area contributed by atoms with Gasteiger partial charge in [-0.2, -0.15) is 0 Å². The monoisotopic (exact) mass is 427 g/mol. The van der Waals surface area contributed by atoms with Gasteiger partial charge in [-0.3, -0.25) is 0 Å². The van der Waals surface area contributed by atoms with Crippen molar-refractivity contribution in [2.45, 2.75) is 73.6 Å². The lowest BCUT2D eigenvalue weighted by atomic mass is 10.1. The van der Waals surface area contributed by atoms with Gasteiger partial charge in [0.2, 0.25) is 14.2 Å². The molecule has 0 bridgehead atoms. The molecule has 28 heavy (non-hydrogen) atoms. The van der Waals surface area contributed by atoms with Crippen LogP contribution < -0.4 is 0 Å². The van der Waals surface area contributed by atoms with Crippen molar-refractivity contribution in [1.29, 1.82) is 0 Å². The minimum Gasteiger partial charge on any atom is -0.341 e. The first-order valence-electron chi connectivity index (χ1n) is 9.02. The maximum atomic E-state index is 13.5. The molecule has 0 radical (unpaired) electrons. The molecule has 0 amide bonds. The number of nitrogens with zero attached hydrogens (tertiary/aromatic N) is 1. The normalized spacial score (nSPS) is 36.4. The van der Waals surface area contributed by atoms with Crippen molar-refractivity contribution >= 4 is 31.4 Å². The molecule has 0 aliphatic carbocycles. The van der Waals surface area contributed by atoms with Crippen molar-refractivity contribution in [3.05, 3.63) is 24.3 Å². The van der Waals surface area contributed by atoms with Gasteiger partial charge in [0.25, 0.3) is 0 Å². The van der Waals surface area contributed by atoms with Gasteiger partial charge in [-0.05, 0) is 39.8 Å². The van der Waals surface area contributed by atoms with Crippen LogP contribution in [0.2, 0.25) is 0 Å². The second-order valence-corrected chi connectivity index (χ2v) is 11.3. The van der Waals surface area contributed by atoms with E-state index in [1.165, 1.54) is 0 Å². The molecule has 5 atom stereocenters. The Morgan fingerprint density at radius 3 is 2.32 bits per heavy atom. The van der Waals surface area contributed by atoms with E-state index in [-0.39, 0.29) is 4.34 Å². The summed E-state index contributed by atoms with van der Waals surface area (Å²) in [7, 11) is -3.96. The highest BCUT2D eigenvalue weighted by atomic mass is 32.2. The van der Waals surface area contributed by atoms with Crippen molar-refractivity contribution in [1.82, 2.24) is 4.98 Å². The molecule has 0 unspecified atom stereocenters. The van der Waals surface area contributed by atoms with E-state index in [2.05, 4.69) is 4.98 Å². The predicted molar refractivity (Wildman–Crippen MR) is 99.3 cm³/mol. The first kappa shape index (κ1) is 18.9. The van der Waals surface area contributed by atoms with E-state index >= 15 is 0 Å². The largest absolute Gasteiger partial charge is 0.341 e. The van der Waals surface area contributed by atoms with E-state index in [4.69, 9.17) is 23.7 Å². The Balaban J connectivity index is 1.56. The van der Waals surface area contributed by atoms with Gasteiger partial charge in [-0.15, -0.1) is 11.3 Å². The van der Waals surface area contributed by atoms with Crippen LogP contribution in [-0.2, 0) is 33.5 Å². The highest BCUT2D eigenvalue weighted by Gasteiger charge is 2.63. The molecule has 3 saturated heterocycles. The van der Waals surface area contributed by atoms with Crippen molar-refractivity contribution in [3.8, 4) is 0 Å². The van der Waals surface area contributed by atoms with Crippen molar-refractivity contribution in [2.75, 3.05) is 0 Å². The molecule has 10 heteroatoms. The molecule has 4 heterocycles. The molecule has 3 fully saturated rings. The number of hydrogen-bond donors (Lipinski definition) is 0. The minimum atomic E-state index is -3.96. The lowest BCUT2D eigenvalue weighted by Crippen LogP contribution is -2.57. The number of hydrogen-bond acceptors (Lipinski definition) is 9. The van der Waals surface area contributed by atoms with E-state index < -0.39 is 51.4 Å². The Bertz CT molecular complexity index is 998. The SMILES string of the molecule is CC1(C)O[C@H]2[C@@H](O1)[C@@H](S(=O)(=O)c1nc3ccccc3s1)O[C@@H]1OC(C)(C)O[C@@H]12. The fraction of sp³-hybridized carbons (Fsp3) is 0.611. The molecule has 2 aromatic rings. The lowest BCUT2D eigenvalue weighted by molar-refractivity contribution is -0.214. The summed E-state index contributed by atoms with van der Waals surface area (Å²) in [5.41, 5.74) is -0.680. The second kappa shape index (κ2) is 5.94. The van der Waals surface area contributed by atoms with Gasteiger partial charge < -0.3 is 23.7 Å². The standard InChI is InChI=1S/C18H21NO7S2/c1-17(2)23-11-12-14(26-18(3,4)24-12)22-15(13(11)25-17)28(20,21)16-19-9-7-5-6-8-10(9)27-16/h5-8,11-15H,1-4H3/t11-,12-,13-,14-,15-/m1/s1. The van der Waals surface area contributed by atoms with Crippen molar-refractivity contribution in [2.24, 2.45) is 0 Å². The summed E-state index contributed by atoms with van der Waals surface area (Å²) in [6, 6.07) is 7.27. The second-order valence-electron chi connectivity index (χ2n) is 8.03. The number of rotatable bonds is 2. The van der Waals surface area contributed by atoms with E-state index in [0.29, 0.717) is 5.52 Å². The topological polar surface area (TPSA) is 93.2 Å². The fourth-order valence-corrected chi connectivity index (χ4v) is 6.86. The van der Waals surface area contributed by atoms with Crippen LogP contribution in [0.1, 0.15) is 27.7 Å². The third-order valence-corrected chi connectivity index (χ3v) is 8.28. The summed E-state index contributed by atoms with van der Waals surface area (Å²) < 4.78 is 57.2. The first-order chi connectivity index (χ1) is 13.1. The number of aromatic nitrogens is 1. The lowest BCUT2D eigenvalue weighted by Gasteiger charge is -2.36. The van der Waals surface area contributed by atoms with E-state index in [0.717, 1.165) is 16.0 Å². The number of para-hydroxylation sites is 1. The van der Waals surface area contributed by atoms with Crippen LogP contribution in [0.15, 0.2) is 28.6 Å². The van der Waals surface area contributed by atoms with Crippen molar-refractivity contribution < 1.29 is 32.1 Å². The molecule has 152 valence electrons. The number of fused-ring (bicyclic) bond motifs is 4. The summed E-state index contributed by atoms with van der Waals surface area (Å²) in [5, 5.41) is 0. The predicted octanol–water partition coefficient (Wildman–Crippen LogP) is 2.42. The van der Waals surface area contributed by atoms with E-state index in [1.54, 1.807) is 33.8 Å². The Hall–Kier alpha value is -1.14. The summed E-state index contributed by atoms with van der Waals surface area (Å²) in [4.78, 5) is 4.31. The van der Waals surface area contributed by atoms with Crippen molar-refractivity contribution in [3.63, 3.8) is 0 Å². The number of thiazole rings is 1. The highest BCUT2D eigenvalue weighted by Crippen LogP contribution is 2.46. The molecule has 0 N–H and O–H groups in total. The van der Waals surface area contributed by atoms with E-state index in [9.17, 15) is 8.42 Å². The van der Waals surface area contributed by atoms with Gasteiger partial charge in [-0.1, -0.05) is 12.1 Å². The molecule has 3 aliphatic heterocycles. The summed E-state index contributed by atoms with van der Waals surface area (Å²) in [5.74, 6) is -1.88. The summed E-state index contributed by atoms with van der Waals surface area (Å²) in [6.07, 6.45) is -2.94. The van der Waals surface area contributed by atoms with Crippen LogP contribution in [0.5, 0.6) is 0 Å². The summed E-state index contributed by atoms with van der Waals surface area (Å²) in [6.45, 7) is 6.98. The molecule has 1 aromatic heterocycles. The number of sulfone groups is 1. The fourth-order valence-electron chi connectivity index (χ4n) is 3.90. The number of benzene rings is 1. The Kier molecular flexibility index (Phi) is 4.00. The Labute approximate surface area is 166 Å². The van der Waals surface area contributed by atoms with Gasteiger partial charge in [0, 0.05) is 0 Å². The molecule has 8 nitrogen and oxygen atoms in total. The maximum absolute atomic E-state index is 13.5. The molecule has 0 spiro atoms. The van der Waals surface area contributed by atoms with Crippen LogP contribution in [-0.4, -0.2) is 55.0 Å². The zero-order valence-electron chi connectivity index (χ0n) is 15.8. The molecule has 5 rings (SSSR count). The molecule has 1 aromatic carbocycles.